The molecule has 0 spiro atoms. The molecule has 0 bridgehead atoms. The second-order valence-electron chi connectivity index (χ2n) is 2.39. The molecular formula is C9H10O2S2. The van der Waals surface area contributed by atoms with Crippen molar-refractivity contribution in [1.29, 1.82) is 0 Å². The first-order valence-electron chi connectivity index (χ1n) is 3.73. The third-order valence-corrected chi connectivity index (χ3v) is 3.53. The highest BCUT2D eigenvalue weighted by atomic mass is 33.1. The molecule has 1 rings (SSSR count). The maximum Gasteiger partial charge on any atom is 0.322 e. The molecule has 0 aromatic heterocycles. The summed E-state index contributed by atoms with van der Waals surface area (Å²) in [6.07, 6.45) is 1.88. The Labute approximate surface area is 85.1 Å². The Kier molecular flexibility index (Phi) is 4.18. The topological polar surface area (TPSA) is 37.3 Å². The van der Waals surface area contributed by atoms with E-state index in [0.29, 0.717) is 0 Å². The number of hydrogen-bond donors (Lipinski definition) is 1. The minimum Gasteiger partial charge on any atom is -0.480 e. The lowest BCUT2D eigenvalue weighted by atomic mass is 10.1. The largest absolute Gasteiger partial charge is 0.480 e. The van der Waals surface area contributed by atoms with Crippen molar-refractivity contribution in [3.05, 3.63) is 35.9 Å². The Morgan fingerprint density at radius 3 is 2.46 bits per heavy atom. The predicted molar refractivity (Wildman–Crippen MR) is 57.9 cm³/mol. The molecule has 0 heterocycles. The fourth-order valence-electron chi connectivity index (χ4n) is 0.963. The summed E-state index contributed by atoms with van der Waals surface area (Å²) in [5.41, 5.74) is 0.842. The number of rotatable bonds is 4. The van der Waals surface area contributed by atoms with Crippen LogP contribution >= 0.6 is 21.6 Å². The molecule has 1 unspecified atom stereocenters. The SMILES string of the molecule is CSSC(C(=O)O)c1ccccc1. The minimum absolute atomic E-state index is 0.462. The molecule has 2 nitrogen and oxygen atoms in total. The van der Waals surface area contributed by atoms with Crippen LogP contribution in [0.4, 0.5) is 0 Å². The van der Waals surface area contributed by atoms with Crippen LogP contribution in [0.5, 0.6) is 0 Å². The van der Waals surface area contributed by atoms with Gasteiger partial charge in [0.05, 0.1) is 0 Å². The molecular weight excluding hydrogens is 204 g/mol. The van der Waals surface area contributed by atoms with Crippen molar-refractivity contribution in [2.75, 3.05) is 6.26 Å². The highest BCUT2D eigenvalue weighted by molar-refractivity contribution is 8.76. The van der Waals surface area contributed by atoms with Crippen molar-refractivity contribution < 1.29 is 9.90 Å². The van der Waals surface area contributed by atoms with Gasteiger partial charge >= 0.3 is 5.97 Å². The minimum atomic E-state index is -0.787. The third-order valence-electron chi connectivity index (χ3n) is 1.52. The van der Waals surface area contributed by atoms with Crippen molar-refractivity contribution in [1.82, 2.24) is 0 Å². The highest BCUT2D eigenvalue weighted by Gasteiger charge is 2.19. The summed E-state index contributed by atoms with van der Waals surface area (Å²) in [4.78, 5) is 10.9. The second kappa shape index (κ2) is 5.19. The zero-order valence-corrected chi connectivity index (χ0v) is 8.77. The van der Waals surface area contributed by atoms with Gasteiger partial charge in [-0.1, -0.05) is 51.9 Å². The van der Waals surface area contributed by atoms with Gasteiger partial charge in [0.25, 0.3) is 0 Å². The van der Waals surface area contributed by atoms with Crippen molar-refractivity contribution >= 4 is 27.6 Å². The van der Waals surface area contributed by atoms with E-state index in [9.17, 15) is 4.79 Å². The molecule has 70 valence electrons. The number of carbonyl (C=O) groups is 1. The van der Waals surface area contributed by atoms with Crippen LogP contribution in [-0.4, -0.2) is 17.3 Å². The lowest BCUT2D eigenvalue weighted by molar-refractivity contribution is -0.136. The summed E-state index contributed by atoms with van der Waals surface area (Å²) >= 11 is 0. The van der Waals surface area contributed by atoms with Crippen molar-refractivity contribution in [3.8, 4) is 0 Å². The highest BCUT2D eigenvalue weighted by Crippen LogP contribution is 2.36. The molecule has 4 heteroatoms. The number of hydrogen-bond acceptors (Lipinski definition) is 3. The van der Waals surface area contributed by atoms with Gasteiger partial charge in [0.2, 0.25) is 0 Å². The van der Waals surface area contributed by atoms with Crippen LogP contribution in [0.1, 0.15) is 10.8 Å². The van der Waals surface area contributed by atoms with Gasteiger partial charge in [-0.05, 0) is 11.8 Å². The van der Waals surface area contributed by atoms with Crippen molar-refractivity contribution in [3.63, 3.8) is 0 Å². The summed E-state index contributed by atoms with van der Waals surface area (Å²) in [5.74, 6) is -0.787. The molecule has 0 saturated heterocycles. The Morgan fingerprint density at radius 2 is 2.00 bits per heavy atom. The Balaban J connectivity index is 2.82. The average Bonchev–Trinajstić information content (AvgIpc) is 2.15. The quantitative estimate of drug-likeness (QED) is 0.782. The average molecular weight is 214 g/mol. The molecule has 1 atom stereocenters. The van der Waals surface area contributed by atoms with Crippen molar-refractivity contribution in [2.24, 2.45) is 0 Å². The predicted octanol–water partition coefficient (Wildman–Crippen LogP) is 2.82. The van der Waals surface area contributed by atoms with E-state index in [0.717, 1.165) is 5.56 Å². The van der Waals surface area contributed by atoms with E-state index in [4.69, 9.17) is 5.11 Å². The normalized spacial score (nSPS) is 12.4. The maximum absolute atomic E-state index is 10.9. The van der Waals surface area contributed by atoms with Crippen LogP contribution in [0.15, 0.2) is 30.3 Å². The Hall–Kier alpha value is -0.610. The summed E-state index contributed by atoms with van der Waals surface area (Å²) in [5, 5.41) is 8.46. The monoisotopic (exact) mass is 214 g/mol. The van der Waals surface area contributed by atoms with E-state index in [2.05, 4.69) is 0 Å². The number of carboxylic acids is 1. The van der Waals surface area contributed by atoms with Gasteiger partial charge in [-0.2, -0.15) is 0 Å². The summed E-state index contributed by atoms with van der Waals surface area (Å²) < 4.78 is 0. The van der Waals surface area contributed by atoms with Gasteiger partial charge in [-0.3, -0.25) is 4.79 Å². The molecule has 13 heavy (non-hydrogen) atoms. The fraction of sp³-hybridized carbons (Fsp3) is 0.222. The summed E-state index contributed by atoms with van der Waals surface area (Å²) in [6.45, 7) is 0. The molecule has 0 aliphatic heterocycles. The van der Waals surface area contributed by atoms with E-state index in [1.807, 2.05) is 36.6 Å². The zero-order valence-electron chi connectivity index (χ0n) is 7.14. The molecule has 0 saturated carbocycles. The van der Waals surface area contributed by atoms with E-state index >= 15 is 0 Å². The molecule has 0 aliphatic rings. The van der Waals surface area contributed by atoms with Crippen LogP contribution < -0.4 is 0 Å². The summed E-state index contributed by atoms with van der Waals surface area (Å²) in [7, 11) is 2.82. The van der Waals surface area contributed by atoms with E-state index < -0.39 is 11.2 Å². The number of benzene rings is 1. The number of carboxylic acid groups (broad SMARTS) is 1. The van der Waals surface area contributed by atoms with Crippen molar-refractivity contribution in [2.45, 2.75) is 5.25 Å². The lowest BCUT2D eigenvalue weighted by Crippen LogP contribution is -2.06. The molecule has 1 N–H and O–H groups in total. The van der Waals surface area contributed by atoms with E-state index in [1.54, 1.807) is 0 Å². The molecule has 0 fully saturated rings. The maximum atomic E-state index is 10.9. The van der Waals surface area contributed by atoms with Gasteiger partial charge in [0.15, 0.2) is 0 Å². The molecule has 0 radical (unpaired) electrons. The first-order valence-corrected chi connectivity index (χ1v) is 6.35. The third kappa shape index (κ3) is 2.97. The standard InChI is InChI=1S/C9H10O2S2/c1-12-13-8(9(10)11)7-5-3-2-4-6-7/h2-6,8H,1H3,(H,10,11). The lowest BCUT2D eigenvalue weighted by Gasteiger charge is -2.09. The first kappa shape index (κ1) is 10.5. The smallest absolute Gasteiger partial charge is 0.322 e. The fourth-order valence-corrected chi connectivity index (χ4v) is 2.66. The van der Waals surface area contributed by atoms with Crippen LogP contribution in [0.3, 0.4) is 0 Å². The van der Waals surface area contributed by atoms with E-state index in [1.165, 1.54) is 21.6 Å². The molecule has 0 amide bonds. The Bertz CT molecular complexity index is 274. The van der Waals surface area contributed by atoms with Gasteiger partial charge in [-0.15, -0.1) is 0 Å². The van der Waals surface area contributed by atoms with Crippen LogP contribution in [0.25, 0.3) is 0 Å². The first-order chi connectivity index (χ1) is 6.25. The van der Waals surface area contributed by atoms with Crippen LogP contribution in [0.2, 0.25) is 0 Å². The zero-order chi connectivity index (χ0) is 9.68. The molecule has 1 aromatic rings. The second-order valence-corrected chi connectivity index (χ2v) is 4.97. The van der Waals surface area contributed by atoms with E-state index in [-0.39, 0.29) is 0 Å². The summed E-state index contributed by atoms with van der Waals surface area (Å²) in [6, 6.07) is 9.26. The van der Waals surface area contributed by atoms with Gasteiger partial charge < -0.3 is 5.11 Å². The van der Waals surface area contributed by atoms with Gasteiger partial charge in [0, 0.05) is 0 Å². The van der Waals surface area contributed by atoms with Crippen LogP contribution in [-0.2, 0) is 4.79 Å². The van der Waals surface area contributed by atoms with Gasteiger partial charge in [0.1, 0.15) is 5.25 Å². The Morgan fingerprint density at radius 1 is 1.38 bits per heavy atom. The van der Waals surface area contributed by atoms with Crippen LogP contribution in [0, 0.1) is 0 Å². The van der Waals surface area contributed by atoms with Gasteiger partial charge in [-0.25, -0.2) is 0 Å². The molecule has 1 aromatic carbocycles. The molecule has 0 aliphatic carbocycles. The number of aliphatic carboxylic acids is 1.